The van der Waals surface area contributed by atoms with E-state index >= 15 is 0 Å². The van der Waals surface area contributed by atoms with Crippen LogP contribution in [0.1, 0.15) is 27.2 Å². The number of carbonyl (C=O) groups is 1. The maximum atomic E-state index is 12.0. The van der Waals surface area contributed by atoms with Crippen LogP contribution >= 0.6 is 0 Å². The van der Waals surface area contributed by atoms with Gasteiger partial charge in [0.2, 0.25) is 0 Å². The van der Waals surface area contributed by atoms with Crippen molar-refractivity contribution in [2.75, 3.05) is 26.8 Å². The molecule has 1 rings (SSSR count). The van der Waals surface area contributed by atoms with E-state index < -0.39 is 5.60 Å². The van der Waals surface area contributed by atoms with Gasteiger partial charge >= 0.3 is 6.09 Å². The van der Waals surface area contributed by atoms with E-state index in [9.17, 15) is 4.79 Å². The van der Waals surface area contributed by atoms with Crippen LogP contribution in [-0.4, -0.2) is 55.6 Å². The Balaban J connectivity index is 2.58. The van der Waals surface area contributed by atoms with Crippen LogP contribution in [0.2, 0.25) is 0 Å². The Morgan fingerprint density at radius 1 is 1.42 bits per heavy atom. The second-order valence-electron chi connectivity index (χ2n) is 5.65. The summed E-state index contributed by atoms with van der Waals surface area (Å²) in [4.78, 5) is 13.7. The highest BCUT2D eigenvalue weighted by Gasteiger charge is 2.34. The molecule has 0 bridgehead atoms. The van der Waals surface area contributed by atoms with Crippen LogP contribution in [0.4, 0.5) is 4.79 Å². The third-order valence-corrected chi connectivity index (χ3v) is 2.88. The predicted molar refractivity (Wildman–Crippen MR) is 73.2 cm³/mol. The maximum absolute atomic E-state index is 12.0. The third-order valence-electron chi connectivity index (χ3n) is 2.88. The molecule has 0 aromatic carbocycles. The largest absolute Gasteiger partial charge is 0.444 e. The van der Waals surface area contributed by atoms with Crippen molar-refractivity contribution in [3.05, 3.63) is 12.7 Å². The van der Waals surface area contributed by atoms with Gasteiger partial charge in [0.25, 0.3) is 0 Å². The first-order valence-electron chi connectivity index (χ1n) is 6.60. The summed E-state index contributed by atoms with van der Waals surface area (Å²) in [5.74, 6) is 0. The highest BCUT2D eigenvalue weighted by Crippen LogP contribution is 2.19. The summed E-state index contributed by atoms with van der Waals surface area (Å²) in [6.45, 7) is 10.8. The lowest BCUT2D eigenvalue weighted by Gasteiger charge is -2.37. The van der Waals surface area contributed by atoms with Gasteiger partial charge in [0, 0.05) is 13.7 Å². The molecule has 0 radical (unpaired) electrons. The van der Waals surface area contributed by atoms with Gasteiger partial charge < -0.3 is 19.1 Å². The quantitative estimate of drug-likeness (QED) is 0.736. The van der Waals surface area contributed by atoms with Crippen molar-refractivity contribution in [3.8, 4) is 0 Å². The van der Waals surface area contributed by atoms with Gasteiger partial charge in [-0.05, 0) is 27.2 Å². The average molecular weight is 271 g/mol. The zero-order valence-electron chi connectivity index (χ0n) is 12.3. The third kappa shape index (κ3) is 5.20. The minimum Gasteiger partial charge on any atom is -0.444 e. The standard InChI is InChI=1S/C14H25NO4/c1-6-9-18-12-10-15(8-7-11(12)17-5)13(16)19-14(2,3)4/h6,11-12H,1,7-10H2,2-5H3. The number of rotatable bonds is 4. The van der Waals surface area contributed by atoms with Crippen molar-refractivity contribution in [3.63, 3.8) is 0 Å². The molecule has 0 aliphatic carbocycles. The van der Waals surface area contributed by atoms with Crippen LogP contribution in [-0.2, 0) is 14.2 Å². The fourth-order valence-corrected chi connectivity index (χ4v) is 2.01. The molecule has 19 heavy (non-hydrogen) atoms. The molecule has 0 saturated carbocycles. The highest BCUT2D eigenvalue weighted by molar-refractivity contribution is 5.68. The van der Waals surface area contributed by atoms with Crippen molar-refractivity contribution in [2.24, 2.45) is 0 Å². The fraction of sp³-hybridized carbons (Fsp3) is 0.786. The van der Waals surface area contributed by atoms with Gasteiger partial charge in [0.15, 0.2) is 0 Å². The molecule has 0 aromatic rings. The Morgan fingerprint density at radius 3 is 2.63 bits per heavy atom. The van der Waals surface area contributed by atoms with Crippen LogP contribution in [0.3, 0.4) is 0 Å². The van der Waals surface area contributed by atoms with E-state index in [1.165, 1.54) is 0 Å². The van der Waals surface area contributed by atoms with Crippen LogP contribution in [0, 0.1) is 0 Å². The Hall–Kier alpha value is -1.07. The van der Waals surface area contributed by atoms with Gasteiger partial charge in [0.1, 0.15) is 11.7 Å². The summed E-state index contributed by atoms with van der Waals surface area (Å²) < 4.78 is 16.4. The van der Waals surface area contributed by atoms with E-state index in [2.05, 4.69) is 6.58 Å². The minimum absolute atomic E-state index is 0.0126. The highest BCUT2D eigenvalue weighted by atomic mass is 16.6. The van der Waals surface area contributed by atoms with Crippen molar-refractivity contribution in [1.29, 1.82) is 0 Å². The molecule has 0 aromatic heterocycles. The number of piperidine rings is 1. The predicted octanol–water partition coefficient (Wildman–Crippen LogP) is 2.21. The van der Waals surface area contributed by atoms with E-state index in [-0.39, 0.29) is 18.3 Å². The van der Waals surface area contributed by atoms with Crippen LogP contribution in [0.25, 0.3) is 0 Å². The summed E-state index contributed by atoms with van der Waals surface area (Å²) in [6, 6.07) is 0. The normalized spacial score (nSPS) is 24.1. The van der Waals surface area contributed by atoms with Crippen molar-refractivity contribution < 1.29 is 19.0 Å². The second kappa shape index (κ2) is 6.91. The Kier molecular flexibility index (Phi) is 5.82. The fourth-order valence-electron chi connectivity index (χ4n) is 2.01. The molecule has 2 unspecified atom stereocenters. The topological polar surface area (TPSA) is 48.0 Å². The molecule has 5 heteroatoms. The zero-order valence-corrected chi connectivity index (χ0v) is 12.3. The van der Waals surface area contributed by atoms with E-state index in [4.69, 9.17) is 14.2 Å². The van der Waals surface area contributed by atoms with Gasteiger partial charge in [-0.3, -0.25) is 0 Å². The van der Waals surface area contributed by atoms with Crippen LogP contribution < -0.4 is 0 Å². The van der Waals surface area contributed by atoms with E-state index in [0.29, 0.717) is 19.7 Å². The molecule has 2 atom stereocenters. The van der Waals surface area contributed by atoms with Crippen molar-refractivity contribution in [2.45, 2.75) is 45.0 Å². The molecule has 1 fully saturated rings. The van der Waals surface area contributed by atoms with Gasteiger partial charge in [-0.1, -0.05) is 6.08 Å². The number of amides is 1. The number of ether oxygens (including phenoxy) is 3. The molecule has 1 saturated heterocycles. The number of carbonyl (C=O) groups excluding carboxylic acids is 1. The van der Waals surface area contributed by atoms with Crippen LogP contribution in [0.5, 0.6) is 0 Å². The van der Waals surface area contributed by atoms with Crippen molar-refractivity contribution in [1.82, 2.24) is 4.90 Å². The molecule has 1 amide bonds. The summed E-state index contributed by atoms with van der Waals surface area (Å²) in [7, 11) is 1.66. The molecule has 1 aliphatic rings. The van der Waals surface area contributed by atoms with Gasteiger partial charge in [0.05, 0.1) is 19.3 Å². The number of hydrogen-bond acceptors (Lipinski definition) is 4. The second-order valence-corrected chi connectivity index (χ2v) is 5.65. The molecule has 0 spiro atoms. The van der Waals surface area contributed by atoms with Crippen molar-refractivity contribution >= 4 is 6.09 Å². The lowest BCUT2D eigenvalue weighted by Crippen LogP contribution is -2.51. The molecule has 110 valence electrons. The Labute approximate surface area is 115 Å². The summed E-state index contributed by atoms with van der Waals surface area (Å²) in [5, 5.41) is 0. The number of nitrogens with zero attached hydrogens (tertiary/aromatic N) is 1. The molecule has 1 heterocycles. The maximum Gasteiger partial charge on any atom is 0.410 e. The monoisotopic (exact) mass is 271 g/mol. The molecule has 5 nitrogen and oxygen atoms in total. The van der Waals surface area contributed by atoms with Crippen LogP contribution in [0.15, 0.2) is 12.7 Å². The summed E-state index contributed by atoms with van der Waals surface area (Å²) in [6.07, 6.45) is 2.02. The smallest absolute Gasteiger partial charge is 0.410 e. The van der Waals surface area contributed by atoms with Gasteiger partial charge in [-0.2, -0.15) is 0 Å². The van der Waals surface area contributed by atoms with E-state index in [1.54, 1.807) is 18.1 Å². The number of hydrogen-bond donors (Lipinski definition) is 0. The number of likely N-dealkylation sites (tertiary alicyclic amines) is 1. The van der Waals surface area contributed by atoms with Gasteiger partial charge in [-0.25, -0.2) is 4.79 Å². The summed E-state index contributed by atoms with van der Waals surface area (Å²) in [5.41, 5.74) is -0.480. The Bertz CT molecular complexity index is 311. The first kappa shape index (κ1) is 16.0. The molecular weight excluding hydrogens is 246 g/mol. The molecule has 1 aliphatic heterocycles. The number of methoxy groups -OCH3 is 1. The minimum atomic E-state index is -0.480. The van der Waals surface area contributed by atoms with E-state index in [1.807, 2.05) is 20.8 Å². The summed E-state index contributed by atoms with van der Waals surface area (Å²) >= 11 is 0. The zero-order chi connectivity index (χ0) is 14.5. The van der Waals surface area contributed by atoms with Gasteiger partial charge in [-0.15, -0.1) is 6.58 Å². The average Bonchev–Trinajstić information content (AvgIpc) is 2.33. The lowest BCUT2D eigenvalue weighted by molar-refractivity contribution is -0.0889. The molecular formula is C14H25NO4. The Morgan fingerprint density at radius 2 is 2.11 bits per heavy atom. The SMILES string of the molecule is C=CCOC1CN(C(=O)OC(C)(C)C)CCC1OC. The lowest BCUT2D eigenvalue weighted by atomic mass is 10.1. The first-order chi connectivity index (χ1) is 8.87. The van der Waals surface area contributed by atoms with E-state index in [0.717, 1.165) is 6.42 Å². The molecule has 0 N–H and O–H groups in total. The first-order valence-corrected chi connectivity index (χ1v) is 6.60.